The highest BCUT2D eigenvalue weighted by Crippen LogP contribution is 2.49. The highest BCUT2D eigenvalue weighted by molar-refractivity contribution is 6.32. The van der Waals surface area contributed by atoms with Crippen LogP contribution >= 0.6 is 0 Å². The summed E-state index contributed by atoms with van der Waals surface area (Å²) in [5.41, 5.74) is 12.0. The third-order valence-electron chi connectivity index (χ3n) is 11.2. The van der Waals surface area contributed by atoms with Crippen LogP contribution in [-0.4, -0.2) is 0 Å². The van der Waals surface area contributed by atoms with E-state index in [9.17, 15) is 0 Å². The van der Waals surface area contributed by atoms with Gasteiger partial charge in [0.15, 0.2) is 0 Å². The van der Waals surface area contributed by atoms with Crippen LogP contribution in [0.4, 0.5) is 17.1 Å². The summed E-state index contributed by atoms with van der Waals surface area (Å²) in [7, 11) is 0. The molecule has 0 aliphatic rings. The first-order valence-electron chi connectivity index (χ1n) is 19.2. The van der Waals surface area contributed by atoms with Gasteiger partial charge in [-0.3, -0.25) is 0 Å². The van der Waals surface area contributed by atoms with Crippen LogP contribution in [0.15, 0.2) is 217 Å². The molecule has 10 aromatic carbocycles. The fourth-order valence-electron chi connectivity index (χ4n) is 8.61. The minimum atomic E-state index is 0.855. The van der Waals surface area contributed by atoms with Crippen molar-refractivity contribution in [2.24, 2.45) is 0 Å². The Kier molecular flexibility index (Phi) is 7.53. The zero-order valence-electron chi connectivity index (χ0n) is 30.6. The third-order valence-corrected chi connectivity index (χ3v) is 11.2. The van der Waals surface area contributed by atoms with Gasteiger partial charge in [-0.1, -0.05) is 176 Å². The molecule has 0 N–H and O–H groups in total. The summed E-state index contributed by atoms with van der Waals surface area (Å²) in [6, 6.07) is 76.3. The minimum absolute atomic E-state index is 0.855. The predicted molar refractivity (Wildman–Crippen MR) is 237 cm³/mol. The van der Waals surface area contributed by atoms with E-state index in [1.807, 2.05) is 0 Å². The Labute approximate surface area is 325 Å². The molecule has 2 heteroatoms. The second-order valence-corrected chi connectivity index (χ2v) is 14.5. The molecule has 0 amide bonds. The number of rotatable bonds is 6. The number of fused-ring (bicyclic) bond motifs is 9. The first-order chi connectivity index (χ1) is 27.8. The standard InChI is InChI=1S/C54H35NO/c1-3-14-36(15-4-1)38-26-30-42(31-27-38)55(43-32-28-39(29-33-43)37-16-5-2-6-17-37)50-34-41(45-25-13-19-40-18-7-8-20-44(40)45)35-51-53(50)52-48-23-11-9-21-46(48)47-22-10-12-24-49(47)54(52)56-51/h1-35H. The molecule has 0 aliphatic carbocycles. The van der Waals surface area contributed by atoms with Crippen LogP contribution in [0.25, 0.3) is 87.6 Å². The number of nitrogens with zero attached hydrogens (tertiary/aromatic N) is 1. The molecule has 0 fully saturated rings. The summed E-state index contributed by atoms with van der Waals surface area (Å²) in [5, 5.41) is 9.32. The Morgan fingerprint density at radius 1 is 0.321 bits per heavy atom. The van der Waals surface area contributed by atoms with E-state index in [4.69, 9.17) is 4.42 Å². The van der Waals surface area contributed by atoms with Crippen molar-refractivity contribution >= 4 is 71.3 Å². The molecular formula is C54H35NO. The van der Waals surface area contributed by atoms with E-state index < -0.39 is 0 Å². The number of hydrogen-bond donors (Lipinski definition) is 0. The molecule has 11 aromatic rings. The average molecular weight is 714 g/mol. The maximum Gasteiger partial charge on any atom is 0.143 e. The predicted octanol–water partition coefficient (Wildman–Crippen LogP) is 15.5. The van der Waals surface area contributed by atoms with Crippen molar-refractivity contribution in [3.05, 3.63) is 212 Å². The molecule has 1 aromatic heterocycles. The van der Waals surface area contributed by atoms with Crippen LogP contribution in [0.3, 0.4) is 0 Å². The Hall–Kier alpha value is -7.42. The van der Waals surface area contributed by atoms with Crippen LogP contribution in [-0.2, 0) is 0 Å². The minimum Gasteiger partial charge on any atom is -0.455 e. The molecule has 11 rings (SSSR count). The quantitative estimate of drug-likeness (QED) is 0.160. The van der Waals surface area contributed by atoms with Crippen LogP contribution < -0.4 is 4.90 Å². The fraction of sp³-hybridized carbons (Fsp3) is 0. The smallest absolute Gasteiger partial charge is 0.143 e. The van der Waals surface area contributed by atoms with Gasteiger partial charge < -0.3 is 9.32 Å². The van der Waals surface area contributed by atoms with Crippen molar-refractivity contribution in [2.45, 2.75) is 0 Å². The average Bonchev–Trinajstić information content (AvgIpc) is 3.68. The lowest BCUT2D eigenvalue weighted by Gasteiger charge is -2.27. The van der Waals surface area contributed by atoms with E-state index in [0.717, 1.165) is 50.0 Å². The molecule has 1 heterocycles. The summed E-state index contributed by atoms with van der Waals surface area (Å²) in [4.78, 5) is 2.42. The summed E-state index contributed by atoms with van der Waals surface area (Å²) < 4.78 is 7.14. The molecular weight excluding hydrogens is 679 g/mol. The molecule has 0 radical (unpaired) electrons. The van der Waals surface area contributed by atoms with Crippen molar-refractivity contribution in [2.75, 3.05) is 4.90 Å². The second kappa shape index (κ2) is 13.2. The first-order valence-corrected chi connectivity index (χ1v) is 19.2. The molecule has 0 unspecified atom stereocenters. The van der Waals surface area contributed by atoms with Gasteiger partial charge in [0.1, 0.15) is 11.2 Å². The molecule has 2 nitrogen and oxygen atoms in total. The molecule has 0 saturated carbocycles. The van der Waals surface area contributed by atoms with Crippen LogP contribution in [0, 0.1) is 0 Å². The van der Waals surface area contributed by atoms with Gasteiger partial charge in [-0.15, -0.1) is 0 Å². The van der Waals surface area contributed by atoms with Crippen molar-refractivity contribution in [1.82, 2.24) is 0 Å². The van der Waals surface area contributed by atoms with Gasteiger partial charge in [-0.2, -0.15) is 0 Å². The van der Waals surface area contributed by atoms with Gasteiger partial charge >= 0.3 is 0 Å². The largest absolute Gasteiger partial charge is 0.455 e. The Balaban J connectivity index is 1.25. The monoisotopic (exact) mass is 713 g/mol. The molecule has 0 atom stereocenters. The highest BCUT2D eigenvalue weighted by Gasteiger charge is 2.24. The molecule has 0 bridgehead atoms. The number of benzene rings is 10. The van der Waals surface area contributed by atoms with Crippen LogP contribution in [0.2, 0.25) is 0 Å². The Morgan fingerprint density at radius 2 is 0.804 bits per heavy atom. The lowest BCUT2D eigenvalue weighted by atomic mass is 9.93. The molecule has 0 spiro atoms. The van der Waals surface area contributed by atoms with Crippen molar-refractivity contribution < 1.29 is 4.42 Å². The zero-order chi connectivity index (χ0) is 37.0. The van der Waals surface area contributed by atoms with Gasteiger partial charge in [0, 0.05) is 22.1 Å². The molecule has 0 saturated heterocycles. The maximum absolute atomic E-state index is 7.14. The third kappa shape index (κ3) is 5.26. The van der Waals surface area contributed by atoms with E-state index in [1.54, 1.807) is 0 Å². The summed E-state index contributed by atoms with van der Waals surface area (Å²) in [6.45, 7) is 0. The van der Waals surface area contributed by atoms with Crippen molar-refractivity contribution in [1.29, 1.82) is 0 Å². The molecule has 56 heavy (non-hydrogen) atoms. The lowest BCUT2D eigenvalue weighted by molar-refractivity contribution is 0.673. The van der Waals surface area contributed by atoms with Crippen LogP contribution in [0.1, 0.15) is 0 Å². The van der Waals surface area contributed by atoms with E-state index in [0.29, 0.717) is 0 Å². The molecule has 262 valence electrons. The van der Waals surface area contributed by atoms with Crippen molar-refractivity contribution in [3.8, 4) is 33.4 Å². The molecule has 0 aliphatic heterocycles. The van der Waals surface area contributed by atoms with Gasteiger partial charge in [0.25, 0.3) is 0 Å². The SMILES string of the molecule is c1ccc(-c2ccc(N(c3ccc(-c4ccccc4)cc3)c3cc(-c4cccc5ccccc45)cc4oc5c6ccccc6c6ccccc6c5c34)cc2)cc1. The zero-order valence-corrected chi connectivity index (χ0v) is 30.6. The number of hydrogen-bond acceptors (Lipinski definition) is 2. The Morgan fingerprint density at radius 3 is 1.43 bits per heavy atom. The van der Waals surface area contributed by atoms with Gasteiger partial charge in [-0.05, 0) is 96.7 Å². The summed E-state index contributed by atoms with van der Waals surface area (Å²) >= 11 is 0. The van der Waals surface area contributed by atoms with Gasteiger partial charge in [0.2, 0.25) is 0 Å². The summed E-state index contributed by atoms with van der Waals surface area (Å²) in [6.07, 6.45) is 0. The van der Waals surface area contributed by atoms with E-state index in [-0.39, 0.29) is 0 Å². The maximum atomic E-state index is 7.14. The first kappa shape index (κ1) is 32.0. The Bertz CT molecular complexity index is 3130. The highest BCUT2D eigenvalue weighted by atomic mass is 16.3. The van der Waals surface area contributed by atoms with Crippen molar-refractivity contribution in [3.63, 3.8) is 0 Å². The van der Waals surface area contributed by atoms with Gasteiger partial charge in [-0.25, -0.2) is 0 Å². The van der Waals surface area contributed by atoms with E-state index in [2.05, 4.69) is 217 Å². The van der Waals surface area contributed by atoms with E-state index >= 15 is 0 Å². The number of furan rings is 1. The summed E-state index contributed by atoms with van der Waals surface area (Å²) in [5.74, 6) is 0. The number of anilines is 3. The second-order valence-electron chi connectivity index (χ2n) is 14.5. The lowest BCUT2D eigenvalue weighted by Crippen LogP contribution is -2.10. The van der Waals surface area contributed by atoms with Crippen LogP contribution in [0.5, 0.6) is 0 Å². The normalized spacial score (nSPS) is 11.6. The van der Waals surface area contributed by atoms with E-state index in [1.165, 1.54) is 54.7 Å². The van der Waals surface area contributed by atoms with Gasteiger partial charge in [0.05, 0.1) is 11.1 Å². The topological polar surface area (TPSA) is 16.4 Å². The fourth-order valence-corrected chi connectivity index (χ4v) is 8.61.